The van der Waals surface area contributed by atoms with Gasteiger partial charge in [0, 0.05) is 19.6 Å². The van der Waals surface area contributed by atoms with Crippen molar-refractivity contribution < 1.29 is 26.0 Å². The molecule has 1 amide bonds. The summed E-state index contributed by atoms with van der Waals surface area (Å²) in [5, 5.41) is 4.04. The molecule has 1 heterocycles. The van der Waals surface area contributed by atoms with Crippen molar-refractivity contribution in [1.29, 1.82) is 0 Å². The Kier molecular flexibility index (Phi) is 7.83. The third-order valence-corrected chi connectivity index (χ3v) is 9.72. The Balaban J connectivity index is 1.65. The highest BCUT2D eigenvalue weighted by atomic mass is 32.2. The number of nitrogens with one attached hydrogen (secondary N) is 1. The van der Waals surface area contributed by atoms with E-state index in [1.165, 1.54) is 48.5 Å². The minimum atomic E-state index is -4.12. The molecule has 12 heteroatoms. The molecule has 1 aliphatic heterocycles. The van der Waals surface area contributed by atoms with Gasteiger partial charge in [-0.2, -0.15) is 13.7 Å². The van der Waals surface area contributed by atoms with Gasteiger partial charge in [0.25, 0.3) is 5.91 Å². The maximum atomic E-state index is 13.4. The lowest BCUT2D eigenvalue weighted by atomic mass is 10.1. The van der Waals surface area contributed by atoms with Gasteiger partial charge < -0.3 is 0 Å². The predicted molar refractivity (Wildman–Crippen MR) is 136 cm³/mol. The molecular weight excluding hydrogens is 519 g/mol. The molecule has 0 aliphatic carbocycles. The van der Waals surface area contributed by atoms with Gasteiger partial charge in [0.1, 0.15) is 11.9 Å². The molecule has 0 radical (unpaired) electrons. The van der Waals surface area contributed by atoms with Gasteiger partial charge in [0.15, 0.2) is 0 Å². The van der Waals surface area contributed by atoms with E-state index in [2.05, 4.69) is 10.5 Å². The van der Waals surface area contributed by atoms with Crippen LogP contribution in [-0.2, 0) is 24.8 Å². The molecule has 1 fully saturated rings. The normalized spacial score (nSPS) is 17.9. The van der Waals surface area contributed by atoms with Gasteiger partial charge in [0.2, 0.25) is 20.0 Å². The highest BCUT2D eigenvalue weighted by molar-refractivity contribution is 7.89. The summed E-state index contributed by atoms with van der Waals surface area (Å²) in [4.78, 5) is 13.3. The van der Waals surface area contributed by atoms with Crippen LogP contribution in [0.15, 0.2) is 99.8 Å². The van der Waals surface area contributed by atoms with E-state index >= 15 is 0 Å². The Bertz CT molecular complexity index is 1500. The molecule has 3 aromatic rings. The summed E-state index contributed by atoms with van der Waals surface area (Å²) in [6.07, 6.45) is 0. The Morgan fingerprint density at radius 2 is 1.38 bits per heavy atom. The van der Waals surface area contributed by atoms with Crippen LogP contribution in [0.1, 0.15) is 12.5 Å². The van der Waals surface area contributed by atoms with Crippen LogP contribution < -0.4 is 5.43 Å². The summed E-state index contributed by atoms with van der Waals surface area (Å²) in [6.45, 7) is 0.826. The van der Waals surface area contributed by atoms with E-state index in [1.54, 1.807) is 43.3 Å². The third kappa shape index (κ3) is 5.77. The van der Waals surface area contributed by atoms with Crippen molar-refractivity contribution in [3.8, 4) is 0 Å². The van der Waals surface area contributed by atoms with Gasteiger partial charge in [-0.25, -0.2) is 26.7 Å². The lowest BCUT2D eigenvalue weighted by Crippen LogP contribution is -2.60. The molecule has 3 aromatic carbocycles. The van der Waals surface area contributed by atoms with E-state index in [0.717, 1.165) is 8.61 Å². The van der Waals surface area contributed by atoms with Gasteiger partial charge in [-0.3, -0.25) is 4.79 Å². The number of rotatable bonds is 7. The Labute approximate surface area is 215 Å². The second kappa shape index (κ2) is 10.9. The van der Waals surface area contributed by atoms with E-state index in [1.807, 2.05) is 0 Å². The minimum Gasteiger partial charge on any atom is -0.271 e. The van der Waals surface area contributed by atoms with Crippen molar-refractivity contribution >= 4 is 31.7 Å². The summed E-state index contributed by atoms with van der Waals surface area (Å²) >= 11 is 0. The van der Waals surface area contributed by atoms with Gasteiger partial charge in [-0.1, -0.05) is 48.5 Å². The van der Waals surface area contributed by atoms with Crippen molar-refractivity contribution in [3.63, 3.8) is 0 Å². The molecule has 1 N–H and O–H groups in total. The van der Waals surface area contributed by atoms with E-state index in [4.69, 9.17) is 0 Å². The number of hydrazone groups is 1. The number of carbonyl (C=O) groups excluding carboxylic acids is 1. The SMILES string of the molecule is C/C(=N/NC(=O)[C@H]1CN(S(=O)(=O)c2ccccc2)CCN1S(=O)(=O)c1ccccc1)c1ccc(F)cc1. The van der Waals surface area contributed by atoms with Crippen molar-refractivity contribution in [1.82, 2.24) is 14.0 Å². The average molecular weight is 545 g/mol. The fourth-order valence-electron chi connectivity index (χ4n) is 3.90. The van der Waals surface area contributed by atoms with Crippen molar-refractivity contribution in [2.45, 2.75) is 22.8 Å². The first-order valence-electron chi connectivity index (χ1n) is 11.3. The molecule has 37 heavy (non-hydrogen) atoms. The zero-order chi connectivity index (χ0) is 26.6. The number of halogens is 1. The van der Waals surface area contributed by atoms with Gasteiger partial charge >= 0.3 is 0 Å². The molecule has 1 atom stereocenters. The van der Waals surface area contributed by atoms with Crippen LogP contribution in [0.3, 0.4) is 0 Å². The first-order valence-corrected chi connectivity index (χ1v) is 14.2. The molecule has 0 saturated carbocycles. The zero-order valence-corrected chi connectivity index (χ0v) is 21.5. The molecule has 0 aromatic heterocycles. The quantitative estimate of drug-likeness (QED) is 0.362. The number of piperazine rings is 1. The number of hydrogen-bond acceptors (Lipinski definition) is 6. The minimum absolute atomic E-state index is 0.0156. The van der Waals surface area contributed by atoms with E-state index < -0.39 is 44.4 Å². The Morgan fingerprint density at radius 3 is 1.95 bits per heavy atom. The molecule has 194 valence electrons. The highest BCUT2D eigenvalue weighted by Crippen LogP contribution is 2.25. The average Bonchev–Trinajstić information content (AvgIpc) is 2.92. The summed E-state index contributed by atoms with van der Waals surface area (Å²) in [5.41, 5.74) is 3.26. The second-order valence-corrected chi connectivity index (χ2v) is 12.1. The van der Waals surface area contributed by atoms with Crippen molar-refractivity contribution in [2.24, 2.45) is 5.10 Å². The Morgan fingerprint density at radius 1 is 0.838 bits per heavy atom. The lowest BCUT2D eigenvalue weighted by Gasteiger charge is -2.38. The van der Waals surface area contributed by atoms with E-state index in [9.17, 15) is 26.0 Å². The third-order valence-electron chi connectivity index (χ3n) is 5.92. The molecule has 1 aliphatic rings. The maximum absolute atomic E-state index is 13.4. The van der Waals surface area contributed by atoms with E-state index in [0.29, 0.717) is 11.3 Å². The molecular formula is C25H25FN4O5S2. The van der Waals surface area contributed by atoms with Crippen LogP contribution >= 0.6 is 0 Å². The molecule has 1 saturated heterocycles. The number of nitrogens with zero attached hydrogens (tertiary/aromatic N) is 3. The second-order valence-electron chi connectivity index (χ2n) is 8.30. The topological polar surface area (TPSA) is 116 Å². The number of carbonyl (C=O) groups is 1. The fraction of sp³-hybridized carbons (Fsp3) is 0.200. The summed E-state index contributed by atoms with van der Waals surface area (Å²) in [7, 11) is -8.10. The van der Waals surface area contributed by atoms with Crippen molar-refractivity contribution in [2.75, 3.05) is 19.6 Å². The fourth-order valence-corrected chi connectivity index (χ4v) is 6.95. The number of hydrogen-bond donors (Lipinski definition) is 1. The number of sulfonamides is 2. The number of benzene rings is 3. The smallest absolute Gasteiger partial charge is 0.259 e. The monoisotopic (exact) mass is 544 g/mol. The Hall–Kier alpha value is -3.45. The molecule has 0 bridgehead atoms. The maximum Gasteiger partial charge on any atom is 0.259 e. The molecule has 4 rings (SSSR count). The predicted octanol–water partition coefficient (Wildman–Crippen LogP) is 2.43. The summed E-state index contributed by atoms with van der Waals surface area (Å²) in [6, 6.07) is 19.4. The van der Waals surface area contributed by atoms with Gasteiger partial charge in [-0.05, 0) is 48.9 Å². The number of amides is 1. The van der Waals surface area contributed by atoms with Crippen molar-refractivity contribution in [3.05, 3.63) is 96.3 Å². The highest BCUT2D eigenvalue weighted by Gasteiger charge is 2.43. The van der Waals surface area contributed by atoms with Crippen LogP contribution in [0, 0.1) is 5.82 Å². The van der Waals surface area contributed by atoms with Crippen LogP contribution in [0.2, 0.25) is 0 Å². The molecule has 9 nitrogen and oxygen atoms in total. The van der Waals surface area contributed by atoms with Crippen LogP contribution in [0.5, 0.6) is 0 Å². The lowest BCUT2D eigenvalue weighted by molar-refractivity contribution is -0.125. The van der Waals surface area contributed by atoms with Crippen LogP contribution in [0.25, 0.3) is 0 Å². The van der Waals surface area contributed by atoms with Gasteiger partial charge in [-0.15, -0.1) is 0 Å². The molecule has 0 unspecified atom stereocenters. The van der Waals surface area contributed by atoms with Gasteiger partial charge in [0.05, 0.1) is 15.5 Å². The first-order chi connectivity index (χ1) is 17.6. The largest absolute Gasteiger partial charge is 0.271 e. The van der Waals surface area contributed by atoms with E-state index in [-0.39, 0.29) is 22.9 Å². The van der Waals surface area contributed by atoms with Crippen LogP contribution in [0.4, 0.5) is 4.39 Å². The first kappa shape index (κ1) is 26.6. The van der Waals surface area contributed by atoms with Crippen LogP contribution in [-0.4, -0.2) is 62.7 Å². The summed E-state index contributed by atoms with van der Waals surface area (Å²) < 4.78 is 68.6. The summed E-state index contributed by atoms with van der Waals surface area (Å²) in [5.74, 6) is -1.22. The molecule has 0 spiro atoms. The zero-order valence-electron chi connectivity index (χ0n) is 19.9. The standard InChI is InChI=1S/C25H25FN4O5S2/c1-19(20-12-14-21(26)15-13-20)27-28-25(31)24-18-29(36(32,33)22-8-4-2-5-9-22)16-17-30(24)37(34,35)23-10-6-3-7-11-23/h2-15,24H,16-18H2,1H3,(H,28,31)/b27-19-/t24-/m1/s1.